The molecule has 3 rings (SSSR count). The Labute approximate surface area is 277 Å². The number of rotatable bonds is 19. The van der Waals surface area contributed by atoms with Crippen LogP contribution in [0.25, 0.3) is 22.1 Å². The number of carbonyl (C=O) groups excluding carboxylic acids is 1. The number of fused-ring (bicyclic) bond motifs is 1. The molecule has 0 saturated heterocycles. The first-order valence-electron chi connectivity index (χ1n) is 16.5. The van der Waals surface area contributed by atoms with Crippen molar-refractivity contribution in [2.45, 2.75) is 109 Å². The summed E-state index contributed by atoms with van der Waals surface area (Å²) < 4.78 is 51.3. The van der Waals surface area contributed by atoms with Gasteiger partial charge in [-0.25, -0.2) is 13.6 Å². The molecule has 10 heteroatoms. The van der Waals surface area contributed by atoms with Crippen LogP contribution in [-0.2, 0) is 16.0 Å². The van der Waals surface area contributed by atoms with Gasteiger partial charge in [-0.05, 0) is 89.6 Å². The van der Waals surface area contributed by atoms with Crippen LogP contribution in [0.4, 0.5) is 8.78 Å². The minimum Gasteiger partial charge on any atom is -0.496 e. The number of nitrogens with two attached hydrogens (primary N) is 2. The van der Waals surface area contributed by atoms with E-state index < -0.39 is 40.9 Å². The van der Waals surface area contributed by atoms with Crippen molar-refractivity contribution < 1.29 is 32.2 Å². The highest BCUT2D eigenvalue weighted by atomic mass is 19.3. The summed E-state index contributed by atoms with van der Waals surface area (Å²) >= 11 is 0. The van der Waals surface area contributed by atoms with Crippen LogP contribution in [0.1, 0.15) is 91.5 Å². The first kappa shape index (κ1) is 38.0. The number of benzene rings is 2. The van der Waals surface area contributed by atoms with Gasteiger partial charge in [-0.1, -0.05) is 31.9 Å². The molecular formula is C37H52F2N2O6. The molecule has 1 aromatic heterocycles. The number of methoxy groups -OCH3 is 1. The van der Waals surface area contributed by atoms with Crippen LogP contribution >= 0.6 is 0 Å². The summed E-state index contributed by atoms with van der Waals surface area (Å²) in [4.78, 5) is 25.6. The molecular weight excluding hydrogens is 606 g/mol. The summed E-state index contributed by atoms with van der Waals surface area (Å²) in [5, 5.41) is 0.696. The summed E-state index contributed by atoms with van der Waals surface area (Å²) in [6, 6.07) is 12.7. The van der Waals surface area contributed by atoms with E-state index in [-0.39, 0.29) is 32.5 Å². The highest BCUT2D eigenvalue weighted by molar-refractivity contribution is 5.84. The molecule has 8 nitrogen and oxygen atoms in total. The van der Waals surface area contributed by atoms with Crippen molar-refractivity contribution in [3.05, 3.63) is 58.4 Å². The molecule has 47 heavy (non-hydrogen) atoms. The Bertz CT molecular complexity index is 1520. The van der Waals surface area contributed by atoms with Crippen LogP contribution < -0.4 is 26.6 Å². The van der Waals surface area contributed by atoms with Crippen LogP contribution in [0.5, 0.6) is 11.5 Å². The average molecular weight is 659 g/mol. The molecule has 1 heterocycles. The molecule has 0 aliphatic heterocycles. The normalized spacial score (nSPS) is 13.1. The fraction of sp³-hybridized carbons (Fsp3) is 0.568. The monoisotopic (exact) mass is 658 g/mol. The molecule has 0 amide bonds. The molecule has 1 unspecified atom stereocenters. The van der Waals surface area contributed by atoms with Crippen LogP contribution in [0.2, 0.25) is 0 Å². The number of aryl methyl sites for hydroxylation is 1. The van der Waals surface area contributed by atoms with E-state index in [0.29, 0.717) is 40.0 Å². The van der Waals surface area contributed by atoms with Gasteiger partial charge in [-0.15, -0.1) is 0 Å². The van der Waals surface area contributed by atoms with Gasteiger partial charge in [0, 0.05) is 40.9 Å². The van der Waals surface area contributed by atoms with E-state index in [2.05, 4.69) is 6.92 Å². The zero-order chi connectivity index (χ0) is 34.8. The Kier molecular flexibility index (Phi) is 13.4. The Morgan fingerprint density at radius 2 is 1.62 bits per heavy atom. The molecule has 1 atom stereocenters. The van der Waals surface area contributed by atoms with Crippen LogP contribution in [0.3, 0.4) is 0 Å². The van der Waals surface area contributed by atoms with Crippen molar-refractivity contribution in [2.75, 3.05) is 20.3 Å². The number of alkyl halides is 2. The Morgan fingerprint density at radius 3 is 2.26 bits per heavy atom. The Balaban J connectivity index is 1.51. The molecule has 4 N–H and O–H groups in total. The number of halogens is 2. The van der Waals surface area contributed by atoms with Crippen molar-refractivity contribution in [1.29, 1.82) is 0 Å². The van der Waals surface area contributed by atoms with Gasteiger partial charge < -0.3 is 30.1 Å². The Hall–Kier alpha value is -3.50. The number of carbonyl (C=O) groups is 1. The minimum absolute atomic E-state index is 0.0179. The Morgan fingerprint density at radius 1 is 0.915 bits per heavy atom. The maximum absolute atomic E-state index is 14.5. The molecule has 0 aliphatic rings. The number of ether oxygens (including phenoxy) is 3. The SMILES string of the molecule is CCCCCc1ccc(-c2cc3ccc(OCCCC(F)(F)CCCOC(=O)C(CC(C)(C)N)C(C)(C)N)cc3oc2=O)c(OC)c1. The van der Waals surface area contributed by atoms with Crippen LogP contribution in [-0.4, -0.2) is 43.3 Å². The second kappa shape index (κ2) is 16.6. The zero-order valence-electron chi connectivity index (χ0n) is 28.8. The average Bonchev–Trinajstić information content (AvgIpc) is 2.99. The molecule has 0 radical (unpaired) electrons. The molecule has 0 bridgehead atoms. The van der Waals surface area contributed by atoms with Crippen molar-refractivity contribution in [3.8, 4) is 22.6 Å². The fourth-order valence-corrected chi connectivity index (χ4v) is 5.49. The van der Waals surface area contributed by atoms with Gasteiger partial charge in [0.25, 0.3) is 0 Å². The van der Waals surface area contributed by atoms with E-state index in [1.165, 1.54) is 0 Å². The summed E-state index contributed by atoms with van der Waals surface area (Å²) in [5.74, 6) is -3.09. The van der Waals surface area contributed by atoms with Crippen LogP contribution in [0, 0.1) is 5.92 Å². The van der Waals surface area contributed by atoms with Gasteiger partial charge in [0.05, 0.1) is 31.8 Å². The molecule has 2 aromatic carbocycles. The van der Waals surface area contributed by atoms with E-state index in [9.17, 15) is 18.4 Å². The van der Waals surface area contributed by atoms with Gasteiger partial charge in [0.1, 0.15) is 17.1 Å². The third kappa shape index (κ3) is 11.9. The summed E-state index contributed by atoms with van der Waals surface area (Å²) in [6.07, 6.45) is 3.97. The van der Waals surface area contributed by atoms with Crippen molar-refractivity contribution >= 4 is 16.9 Å². The molecule has 0 fully saturated rings. The molecule has 260 valence electrons. The van der Waals surface area contributed by atoms with E-state index in [1.54, 1.807) is 59.1 Å². The van der Waals surface area contributed by atoms with Crippen molar-refractivity contribution in [1.82, 2.24) is 0 Å². The predicted molar refractivity (Wildman–Crippen MR) is 182 cm³/mol. The summed E-state index contributed by atoms with van der Waals surface area (Å²) in [6.45, 7) is 9.13. The fourth-order valence-electron chi connectivity index (χ4n) is 5.49. The quantitative estimate of drug-likeness (QED) is 0.0759. The topological polar surface area (TPSA) is 127 Å². The number of unbranched alkanes of at least 4 members (excludes halogenated alkanes) is 2. The second-order valence-electron chi connectivity index (χ2n) is 13.8. The lowest BCUT2D eigenvalue weighted by atomic mass is 9.80. The van der Waals surface area contributed by atoms with E-state index in [4.69, 9.17) is 30.1 Å². The third-order valence-corrected chi connectivity index (χ3v) is 8.13. The smallest absolute Gasteiger partial charge is 0.344 e. The van der Waals surface area contributed by atoms with Crippen molar-refractivity contribution in [2.24, 2.45) is 17.4 Å². The lowest BCUT2D eigenvalue weighted by molar-refractivity contribution is -0.152. The second-order valence-corrected chi connectivity index (χ2v) is 13.8. The minimum atomic E-state index is -2.94. The number of hydrogen-bond acceptors (Lipinski definition) is 8. The number of hydrogen-bond donors (Lipinski definition) is 2. The predicted octanol–water partition coefficient (Wildman–Crippen LogP) is 7.80. The molecule has 0 saturated carbocycles. The van der Waals surface area contributed by atoms with E-state index in [0.717, 1.165) is 31.2 Å². The number of esters is 1. The van der Waals surface area contributed by atoms with Crippen LogP contribution in [0.15, 0.2) is 51.7 Å². The maximum Gasteiger partial charge on any atom is 0.344 e. The molecule has 0 spiro atoms. The van der Waals surface area contributed by atoms with E-state index in [1.807, 2.05) is 18.2 Å². The first-order valence-corrected chi connectivity index (χ1v) is 16.5. The van der Waals surface area contributed by atoms with Gasteiger partial charge in [0.15, 0.2) is 0 Å². The standard InChI is InChI=1S/C37H52F2N2O6/c1-7-8-9-12-25-13-16-28(32(21-25)44-6)29-22-26-14-15-27(23-31(26)47-33(29)42)45-19-10-17-37(38,39)18-11-20-46-34(43)30(36(4,5)41)24-35(2,3)40/h13-16,21-23,30H,7-12,17-20,24,40-41H2,1-6H3. The first-order chi connectivity index (χ1) is 22.0. The summed E-state index contributed by atoms with van der Waals surface area (Å²) in [7, 11) is 1.58. The van der Waals surface area contributed by atoms with Gasteiger partial charge in [-0.3, -0.25) is 4.79 Å². The largest absolute Gasteiger partial charge is 0.496 e. The highest BCUT2D eigenvalue weighted by Gasteiger charge is 2.37. The highest BCUT2D eigenvalue weighted by Crippen LogP contribution is 2.32. The van der Waals surface area contributed by atoms with Gasteiger partial charge in [-0.2, -0.15) is 0 Å². The molecule has 3 aromatic rings. The van der Waals surface area contributed by atoms with Crippen molar-refractivity contribution in [3.63, 3.8) is 0 Å². The van der Waals surface area contributed by atoms with E-state index >= 15 is 0 Å². The maximum atomic E-state index is 14.5. The van der Waals surface area contributed by atoms with Gasteiger partial charge >= 0.3 is 11.6 Å². The van der Waals surface area contributed by atoms with Gasteiger partial charge in [0.2, 0.25) is 5.92 Å². The lowest BCUT2D eigenvalue weighted by Gasteiger charge is -2.33. The zero-order valence-corrected chi connectivity index (χ0v) is 28.8. The lowest BCUT2D eigenvalue weighted by Crippen LogP contribution is -2.50. The third-order valence-electron chi connectivity index (χ3n) is 8.13. The summed E-state index contributed by atoms with van der Waals surface area (Å²) in [5.41, 5.74) is 12.7. The molecule has 0 aliphatic carbocycles.